The first kappa shape index (κ1) is 17.6. The average molecular weight is 397 g/mol. The Bertz CT molecular complexity index is 1050. The number of nitrogens with one attached hydrogen (secondary N) is 2. The highest BCUT2D eigenvalue weighted by atomic mass is 32.1. The van der Waals surface area contributed by atoms with Gasteiger partial charge in [0, 0.05) is 55.4 Å². The molecule has 0 atom stereocenters. The van der Waals surface area contributed by atoms with Crippen LogP contribution in [0.3, 0.4) is 0 Å². The number of hydrogen-bond donors (Lipinski definition) is 2. The first-order valence-electron chi connectivity index (χ1n) is 9.85. The maximum absolute atomic E-state index is 12.4. The van der Waals surface area contributed by atoms with Crippen molar-refractivity contribution in [1.29, 1.82) is 0 Å². The second-order valence-corrected chi connectivity index (χ2v) is 8.69. The van der Waals surface area contributed by atoms with Crippen LogP contribution in [0.25, 0.3) is 21.1 Å². The number of anilines is 2. The van der Waals surface area contributed by atoms with E-state index in [4.69, 9.17) is 9.97 Å². The summed E-state index contributed by atoms with van der Waals surface area (Å²) in [5, 5.41) is 7.36. The van der Waals surface area contributed by atoms with Gasteiger partial charge < -0.3 is 15.5 Å². The molecule has 28 heavy (non-hydrogen) atoms. The van der Waals surface area contributed by atoms with E-state index in [1.165, 1.54) is 11.3 Å². The van der Waals surface area contributed by atoms with Gasteiger partial charge in [0.05, 0.1) is 22.9 Å². The van der Waals surface area contributed by atoms with Crippen LogP contribution in [-0.4, -0.2) is 66.1 Å². The summed E-state index contributed by atoms with van der Waals surface area (Å²) in [6.07, 6.45) is 1.88. The minimum absolute atomic E-state index is 0.0121. The molecule has 1 saturated heterocycles. The molecular formula is C20H24N6OS. The van der Waals surface area contributed by atoms with Gasteiger partial charge in [0.15, 0.2) is 0 Å². The van der Waals surface area contributed by atoms with Crippen molar-refractivity contribution in [2.45, 2.75) is 19.9 Å². The first-order valence-corrected chi connectivity index (χ1v) is 10.7. The molecule has 1 aromatic carbocycles. The number of hydrogen-bond acceptors (Lipinski definition) is 7. The van der Waals surface area contributed by atoms with Gasteiger partial charge in [-0.3, -0.25) is 9.69 Å². The normalized spacial score (nSPS) is 18.2. The number of rotatable bonds is 2. The summed E-state index contributed by atoms with van der Waals surface area (Å²) in [5.41, 5.74) is 2.64. The fraction of sp³-hybridized carbons (Fsp3) is 0.450. The van der Waals surface area contributed by atoms with Gasteiger partial charge in [-0.25, -0.2) is 9.97 Å². The molecule has 2 aliphatic rings. The van der Waals surface area contributed by atoms with E-state index in [0.717, 1.165) is 63.7 Å². The van der Waals surface area contributed by atoms with Gasteiger partial charge in [0.1, 0.15) is 10.7 Å². The summed E-state index contributed by atoms with van der Waals surface area (Å²) >= 11 is 1.51. The Labute approximate surface area is 167 Å². The Morgan fingerprint density at radius 1 is 1.11 bits per heavy atom. The molecule has 1 amide bonds. The lowest BCUT2D eigenvalue weighted by atomic mass is 10.1. The standard InChI is InChI=1S/C20H24N6OS/c1-12(2)25-7-9-26(10-8-25)15-11-23-17-13(24-15)3-4-14-16(17)18-19(28-14)20(27)22-6-5-21-18/h3-4,11-12,21H,5-10H2,1-2H3,(H,22,27). The lowest BCUT2D eigenvalue weighted by Crippen LogP contribution is -2.49. The van der Waals surface area contributed by atoms with E-state index in [1.807, 2.05) is 12.3 Å². The maximum atomic E-state index is 12.4. The third-order valence-corrected chi connectivity index (χ3v) is 6.79. The molecule has 2 N–H and O–H groups in total. The Balaban J connectivity index is 1.54. The van der Waals surface area contributed by atoms with Crippen LogP contribution in [0.1, 0.15) is 23.5 Å². The quantitative estimate of drug-likeness (QED) is 0.694. The molecule has 146 valence electrons. The number of fused-ring (bicyclic) bond motifs is 5. The predicted molar refractivity (Wildman–Crippen MR) is 115 cm³/mol. The van der Waals surface area contributed by atoms with E-state index >= 15 is 0 Å². The minimum Gasteiger partial charge on any atom is -0.381 e. The Morgan fingerprint density at radius 2 is 1.89 bits per heavy atom. The van der Waals surface area contributed by atoms with E-state index in [1.54, 1.807) is 0 Å². The van der Waals surface area contributed by atoms with E-state index in [0.29, 0.717) is 19.1 Å². The number of benzene rings is 1. The van der Waals surface area contributed by atoms with Crippen molar-refractivity contribution < 1.29 is 4.79 Å². The summed E-state index contributed by atoms with van der Waals surface area (Å²) in [5.74, 6) is 0.921. The molecule has 0 saturated carbocycles. The molecule has 1 fully saturated rings. The Kier molecular flexibility index (Phi) is 4.32. The van der Waals surface area contributed by atoms with Crippen molar-refractivity contribution in [1.82, 2.24) is 20.2 Å². The SMILES string of the molecule is CC(C)N1CCN(c2cnc3c(ccc4sc5c(c43)NCCNC5=O)n2)CC1. The van der Waals surface area contributed by atoms with Crippen LogP contribution in [0.15, 0.2) is 18.3 Å². The van der Waals surface area contributed by atoms with Crippen molar-refractivity contribution in [2.75, 3.05) is 49.5 Å². The number of thiophene rings is 1. The minimum atomic E-state index is -0.0121. The largest absolute Gasteiger partial charge is 0.381 e. The molecule has 2 aliphatic heterocycles. The zero-order chi connectivity index (χ0) is 19.3. The Morgan fingerprint density at radius 3 is 2.68 bits per heavy atom. The number of piperazine rings is 1. The monoisotopic (exact) mass is 396 g/mol. The maximum Gasteiger partial charge on any atom is 0.263 e. The third kappa shape index (κ3) is 2.87. The highest BCUT2D eigenvalue weighted by molar-refractivity contribution is 7.21. The molecule has 8 heteroatoms. The fourth-order valence-electron chi connectivity index (χ4n) is 4.05. The van der Waals surface area contributed by atoms with Crippen molar-refractivity contribution >= 4 is 49.9 Å². The molecule has 2 aromatic heterocycles. The second kappa shape index (κ2) is 6.86. The van der Waals surface area contributed by atoms with Crippen molar-refractivity contribution in [3.8, 4) is 0 Å². The molecule has 3 aromatic rings. The van der Waals surface area contributed by atoms with Gasteiger partial charge >= 0.3 is 0 Å². The molecule has 0 unspecified atom stereocenters. The molecule has 0 aliphatic carbocycles. The molecule has 0 radical (unpaired) electrons. The highest BCUT2D eigenvalue weighted by Gasteiger charge is 2.24. The molecule has 5 rings (SSSR count). The molecule has 4 heterocycles. The van der Waals surface area contributed by atoms with Crippen molar-refractivity contribution in [3.05, 3.63) is 23.2 Å². The van der Waals surface area contributed by atoms with E-state index < -0.39 is 0 Å². The number of aromatic nitrogens is 2. The van der Waals surface area contributed by atoms with Gasteiger partial charge in [-0.1, -0.05) is 0 Å². The third-order valence-electron chi connectivity index (χ3n) is 5.64. The predicted octanol–water partition coefficient (Wildman–Crippen LogP) is 2.53. The second-order valence-electron chi connectivity index (χ2n) is 7.64. The summed E-state index contributed by atoms with van der Waals surface area (Å²) in [4.78, 5) is 27.6. The molecule has 0 spiro atoms. The van der Waals surface area contributed by atoms with Gasteiger partial charge in [-0.15, -0.1) is 11.3 Å². The summed E-state index contributed by atoms with van der Waals surface area (Å²) in [7, 11) is 0. The van der Waals surface area contributed by atoms with Crippen LogP contribution < -0.4 is 15.5 Å². The molecule has 7 nitrogen and oxygen atoms in total. The molecule has 0 bridgehead atoms. The van der Waals surface area contributed by atoms with Crippen LogP contribution in [0.4, 0.5) is 11.5 Å². The summed E-state index contributed by atoms with van der Waals surface area (Å²) < 4.78 is 1.06. The van der Waals surface area contributed by atoms with E-state index in [2.05, 4.69) is 40.3 Å². The number of carbonyl (C=O) groups excluding carboxylic acids is 1. The van der Waals surface area contributed by atoms with Crippen LogP contribution in [0.2, 0.25) is 0 Å². The lowest BCUT2D eigenvalue weighted by molar-refractivity contribution is 0.0962. The topological polar surface area (TPSA) is 73.4 Å². The van der Waals surface area contributed by atoms with Crippen LogP contribution in [0.5, 0.6) is 0 Å². The van der Waals surface area contributed by atoms with Gasteiger partial charge in [-0.2, -0.15) is 0 Å². The van der Waals surface area contributed by atoms with Gasteiger partial charge in [0.2, 0.25) is 0 Å². The Hall–Kier alpha value is -2.45. The highest BCUT2D eigenvalue weighted by Crippen LogP contribution is 2.40. The average Bonchev–Trinajstić information content (AvgIpc) is 3.00. The number of nitrogens with zero attached hydrogens (tertiary/aromatic N) is 4. The van der Waals surface area contributed by atoms with Crippen molar-refractivity contribution in [2.24, 2.45) is 0 Å². The smallest absolute Gasteiger partial charge is 0.263 e. The number of carbonyl (C=O) groups is 1. The van der Waals surface area contributed by atoms with Crippen LogP contribution in [-0.2, 0) is 0 Å². The fourth-order valence-corrected chi connectivity index (χ4v) is 5.15. The van der Waals surface area contributed by atoms with Crippen LogP contribution >= 0.6 is 11.3 Å². The lowest BCUT2D eigenvalue weighted by Gasteiger charge is -2.37. The zero-order valence-corrected chi connectivity index (χ0v) is 17.0. The summed E-state index contributed by atoms with van der Waals surface area (Å²) in [6.45, 7) is 9.87. The van der Waals surface area contributed by atoms with Crippen molar-refractivity contribution in [3.63, 3.8) is 0 Å². The van der Waals surface area contributed by atoms with E-state index in [-0.39, 0.29) is 5.91 Å². The van der Waals surface area contributed by atoms with E-state index in [9.17, 15) is 4.79 Å². The molecular weight excluding hydrogens is 372 g/mol. The first-order chi connectivity index (χ1) is 13.6. The zero-order valence-electron chi connectivity index (χ0n) is 16.2. The van der Waals surface area contributed by atoms with Crippen LogP contribution in [0, 0.1) is 0 Å². The summed E-state index contributed by atoms with van der Waals surface area (Å²) in [6, 6.07) is 4.66. The van der Waals surface area contributed by atoms with Gasteiger partial charge in [-0.05, 0) is 26.0 Å². The van der Waals surface area contributed by atoms with Gasteiger partial charge in [0.25, 0.3) is 5.91 Å². The number of amides is 1.